The first-order chi connectivity index (χ1) is 18.8. The molecule has 0 radical (unpaired) electrons. The highest BCUT2D eigenvalue weighted by Gasteiger charge is 2.29. The van der Waals surface area contributed by atoms with Crippen LogP contribution in [0.15, 0.2) is 46.0 Å². The molecule has 1 aromatic carbocycles. The van der Waals surface area contributed by atoms with Crippen LogP contribution in [0.3, 0.4) is 0 Å². The Labute approximate surface area is 230 Å². The Morgan fingerprint density at radius 2 is 1.92 bits per heavy atom. The van der Waals surface area contributed by atoms with Crippen molar-refractivity contribution in [2.45, 2.75) is 50.8 Å². The molecule has 0 bridgehead atoms. The van der Waals surface area contributed by atoms with E-state index in [0.29, 0.717) is 29.0 Å². The highest BCUT2D eigenvalue weighted by molar-refractivity contribution is 7.94. The largest absolute Gasteiger partial charge is 0.343 e. The van der Waals surface area contributed by atoms with Crippen molar-refractivity contribution >= 4 is 26.5 Å². The highest BCUT2D eigenvalue weighted by atomic mass is 32.2. The number of halogens is 1. The number of likely N-dealkylation sites (tertiary alicyclic amines) is 2. The van der Waals surface area contributed by atoms with E-state index in [1.165, 1.54) is 23.1 Å². The number of nitrogens with zero attached hydrogens (tertiary/aromatic N) is 5. The van der Waals surface area contributed by atoms with Crippen molar-refractivity contribution in [1.29, 1.82) is 0 Å². The predicted octanol–water partition coefficient (Wildman–Crippen LogP) is 4.83. The quantitative estimate of drug-likeness (QED) is 0.440. The lowest BCUT2D eigenvalue weighted by Crippen LogP contribution is -2.40. The van der Waals surface area contributed by atoms with Crippen molar-refractivity contribution in [3.05, 3.63) is 53.7 Å². The number of hydrogen-bond donors (Lipinski definition) is 0. The minimum Gasteiger partial charge on any atom is -0.343 e. The van der Waals surface area contributed by atoms with E-state index in [0.717, 1.165) is 81.6 Å². The number of piperidine rings is 1. The molecular weight excluding hydrogens is 513 g/mol. The van der Waals surface area contributed by atoms with Crippen LogP contribution in [-0.2, 0) is 20.9 Å². The first kappa shape index (κ1) is 26.4. The summed E-state index contributed by atoms with van der Waals surface area (Å²) in [5.41, 5.74) is 4.08. The molecule has 2 aromatic heterocycles. The van der Waals surface area contributed by atoms with Gasteiger partial charge in [-0.15, -0.1) is 0 Å². The predicted molar refractivity (Wildman–Crippen MR) is 152 cm³/mol. The number of carbonyl (C=O) groups is 1. The van der Waals surface area contributed by atoms with Crippen LogP contribution in [0.5, 0.6) is 0 Å². The summed E-state index contributed by atoms with van der Waals surface area (Å²) in [7, 11) is -2.64. The number of carbonyl (C=O) groups excluding carboxylic acids is 1. The van der Waals surface area contributed by atoms with E-state index in [4.69, 9.17) is 0 Å². The average Bonchev–Trinajstić information content (AvgIpc) is 3.65. The fourth-order valence-corrected chi connectivity index (χ4v) is 9.03. The first-order valence-electron chi connectivity index (χ1n) is 14.2. The van der Waals surface area contributed by atoms with Crippen LogP contribution in [0.4, 0.5) is 4.39 Å². The number of benzene rings is 1. The lowest BCUT2D eigenvalue weighted by Gasteiger charge is -2.33. The van der Waals surface area contributed by atoms with Gasteiger partial charge in [-0.05, 0) is 86.7 Å². The Bertz CT molecular complexity index is 1520. The van der Waals surface area contributed by atoms with Gasteiger partial charge in [0.25, 0.3) is 0 Å². The zero-order chi connectivity index (χ0) is 27.1. The second-order valence-electron chi connectivity index (χ2n) is 11.6. The molecule has 39 heavy (non-hydrogen) atoms. The van der Waals surface area contributed by atoms with E-state index in [9.17, 15) is 13.4 Å². The van der Waals surface area contributed by atoms with E-state index in [1.54, 1.807) is 13.0 Å². The minimum absolute atomic E-state index is 0.191. The zero-order valence-electron chi connectivity index (χ0n) is 22.9. The molecule has 7 nitrogen and oxygen atoms in total. The van der Waals surface area contributed by atoms with E-state index in [-0.39, 0.29) is 11.7 Å². The minimum atomic E-state index is -2.64. The first-order valence-corrected chi connectivity index (χ1v) is 15.9. The molecule has 2 saturated heterocycles. The van der Waals surface area contributed by atoms with Crippen molar-refractivity contribution in [2.75, 3.05) is 45.0 Å². The summed E-state index contributed by atoms with van der Waals surface area (Å²) >= 11 is 0. The fraction of sp³-hybridized carbons (Fsp3) is 0.533. The van der Waals surface area contributed by atoms with Gasteiger partial charge in [-0.25, -0.2) is 13.0 Å². The maximum Gasteiger partial charge on any atom is 0.219 e. The summed E-state index contributed by atoms with van der Waals surface area (Å²) in [5, 5.41) is 1.19. The zero-order valence-corrected chi connectivity index (χ0v) is 23.8. The van der Waals surface area contributed by atoms with Crippen LogP contribution in [-0.4, -0.2) is 74.5 Å². The van der Waals surface area contributed by atoms with Crippen LogP contribution < -0.4 is 0 Å². The molecule has 0 saturated carbocycles. The number of fused-ring (bicyclic) bond motifs is 1. The SMILES string of the molecule is CC(=O)N1CCC(CN2CC[C@@H](Cc3cn(-c4ccc(F)cc4[S@@]4(=O)=NCCC4)c4cncc(C)c34)C2)CC1. The standard InChI is InChI=1S/C30H38FN5O2S/c1-21-16-32-17-28-30(21)25(14-24-6-10-34(19-24)18-23-7-11-35(12-8-23)22(2)37)20-36(28)27-5-4-26(31)15-29(27)39(38)13-3-9-33-39/h4-5,15-17,20,23-24H,3,6-14,18-19H2,1-2H3/t24-,39+/m0/s1. The van der Waals surface area contributed by atoms with Crippen LogP contribution in [0.25, 0.3) is 16.6 Å². The second kappa shape index (κ2) is 10.7. The van der Waals surface area contributed by atoms with Crippen molar-refractivity contribution in [3.8, 4) is 5.69 Å². The molecule has 3 aliphatic rings. The van der Waals surface area contributed by atoms with Gasteiger partial charge in [0.05, 0.1) is 32.0 Å². The third-order valence-electron chi connectivity index (χ3n) is 8.84. The maximum absolute atomic E-state index is 14.4. The summed E-state index contributed by atoms with van der Waals surface area (Å²) in [6, 6.07) is 4.60. The lowest BCUT2D eigenvalue weighted by atomic mass is 9.96. The molecule has 2 atom stereocenters. The monoisotopic (exact) mass is 551 g/mol. The van der Waals surface area contributed by atoms with Gasteiger partial charge in [0.15, 0.2) is 0 Å². The van der Waals surface area contributed by atoms with Gasteiger partial charge in [-0.3, -0.25) is 9.78 Å². The number of pyridine rings is 1. The van der Waals surface area contributed by atoms with Crippen LogP contribution in [0, 0.1) is 24.6 Å². The number of aryl methyl sites for hydroxylation is 1. The lowest BCUT2D eigenvalue weighted by molar-refractivity contribution is -0.130. The van der Waals surface area contributed by atoms with E-state index in [1.807, 2.05) is 17.3 Å². The van der Waals surface area contributed by atoms with Gasteiger partial charge in [-0.2, -0.15) is 0 Å². The van der Waals surface area contributed by atoms with Gasteiger partial charge in [0.1, 0.15) is 5.82 Å². The number of hydrogen-bond acceptors (Lipinski definition) is 5. The van der Waals surface area contributed by atoms with Gasteiger partial charge >= 0.3 is 0 Å². The molecule has 0 N–H and O–H groups in total. The normalized spacial score (nSPS) is 24.5. The molecule has 9 heteroatoms. The van der Waals surface area contributed by atoms with Crippen LogP contribution in [0.2, 0.25) is 0 Å². The van der Waals surface area contributed by atoms with Crippen molar-refractivity contribution < 1.29 is 13.4 Å². The smallest absolute Gasteiger partial charge is 0.219 e. The summed E-state index contributed by atoms with van der Waals surface area (Å²) in [5.74, 6) is 1.50. The second-order valence-corrected chi connectivity index (χ2v) is 14.0. The maximum atomic E-state index is 14.4. The van der Waals surface area contributed by atoms with E-state index < -0.39 is 9.73 Å². The molecule has 0 unspecified atom stereocenters. The Hall–Kier alpha value is -2.78. The highest BCUT2D eigenvalue weighted by Crippen LogP contribution is 2.35. The van der Waals surface area contributed by atoms with Crippen LogP contribution in [0.1, 0.15) is 43.7 Å². The summed E-state index contributed by atoms with van der Waals surface area (Å²) in [6.45, 7) is 9.40. The van der Waals surface area contributed by atoms with Crippen molar-refractivity contribution in [1.82, 2.24) is 19.4 Å². The van der Waals surface area contributed by atoms with E-state index in [2.05, 4.69) is 31.9 Å². The van der Waals surface area contributed by atoms with Gasteiger partial charge in [0, 0.05) is 63.2 Å². The third kappa shape index (κ3) is 5.23. The van der Waals surface area contributed by atoms with Crippen molar-refractivity contribution in [3.63, 3.8) is 0 Å². The fourth-order valence-electron chi connectivity index (χ4n) is 6.81. The average molecular weight is 552 g/mol. The molecule has 0 spiro atoms. The van der Waals surface area contributed by atoms with Gasteiger partial charge in [-0.1, -0.05) is 0 Å². The molecule has 2 fully saturated rings. The van der Waals surface area contributed by atoms with Gasteiger partial charge < -0.3 is 14.4 Å². The Morgan fingerprint density at radius 3 is 2.67 bits per heavy atom. The van der Waals surface area contributed by atoms with Crippen molar-refractivity contribution in [2.24, 2.45) is 16.2 Å². The molecule has 3 aliphatic heterocycles. The molecular formula is C30H38FN5O2S. The molecule has 5 heterocycles. The molecule has 208 valence electrons. The Kier molecular flexibility index (Phi) is 7.22. The molecule has 3 aromatic rings. The van der Waals surface area contributed by atoms with Crippen LogP contribution >= 0.6 is 0 Å². The summed E-state index contributed by atoms with van der Waals surface area (Å²) in [6.07, 6.45) is 11.0. The van der Waals surface area contributed by atoms with Gasteiger partial charge in [0.2, 0.25) is 5.91 Å². The van der Waals surface area contributed by atoms with E-state index >= 15 is 0 Å². The summed E-state index contributed by atoms with van der Waals surface area (Å²) in [4.78, 5) is 21.2. The number of amides is 1. The molecule has 6 rings (SSSR count). The molecule has 1 amide bonds. The Balaban J connectivity index is 1.25. The number of aromatic nitrogens is 2. The molecule has 0 aliphatic carbocycles. The third-order valence-corrected chi connectivity index (χ3v) is 11.3. The number of rotatable bonds is 6. The topological polar surface area (TPSA) is 70.8 Å². The Morgan fingerprint density at radius 1 is 1.13 bits per heavy atom. The summed E-state index contributed by atoms with van der Waals surface area (Å²) < 4.78 is 34.6.